The summed E-state index contributed by atoms with van der Waals surface area (Å²) < 4.78 is 5.89. The van der Waals surface area contributed by atoms with Crippen molar-refractivity contribution in [3.05, 3.63) is 61.2 Å². The van der Waals surface area contributed by atoms with Gasteiger partial charge in [-0.05, 0) is 119 Å². The van der Waals surface area contributed by atoms with Gasteiger partial charge >= 0.3 is 0 Å². The summed E-state index contributed by atoms with van der Waals surface area (Å²) in [6, 6.07) is 0. The van der Waals surface area contributed by atoms with Crippen molar-refractivity contribution in [3.8, 4) is 17.6 Å². The van der Waals surface area contributed by atoms with E-state index in [9.17, 15) is 0 Å². The molecule has 2 aromatic carbocycles. The number of ether oxygens (including phenoxy) is 1. The largest absolute Gasteiger partial charge is 0.493 e. The van der Waals surface area contributed by atoms with Gasteiger partial charge in [0.25, 0.3) is 0 Å². The molecule has 0 heterocycles. The highest BCUT2D eigenvalue weighted by molar-refractivity contribution is 5.63. The molecule has 0 N–H and O–H groups in total. The molecule has 2 rings (SSSR count). The monoisotopic (exact) mass is 362 g/mol. The fraction of sp³-hybridized carbons (Fsp3) is 0.462. The van der Waals surface area contributed by atoms with Gasteiger partial charge in [-0.25, -0.2) is 0 Å². The van der Waals surface area contributed by atoms with E-state index in [1.165, 1.54) is 55.6 Å². The Morgan fingerprint density at radius 2 is 0.926 bits per heavy atom. The second-order valence-corrected chi connectivity index (χ2v) is 7.59. The van der Waals surface area contributed by atoms with Crippen molar-refractivity contribution in [1.29, 1.82) is 0 Å². The molecule has 1 nitrogen and oxygen atoms in total. The van der Waals surface area contributed by atoms with Gasteiger partial charge in [0, 0.05) is 11.1 Å². The molecule has 0 unspecified atom stereocenters. The first kappa shape index (κ1) is 21.1. The van der Waals surface area contributed by atoms with Crippen LogP contribution in [0.15, 0.2) is 0 Å². The first-order valence-electron chi connectivity index (χ1n) is 10.0. The summed E-state index contributed by atoms with van der Waals surface area (Å²) in [5, 5.41) is 0. The van der Waals surface area contributed by atoms with E-state index in [2.05, 4.69) is 74.2 Å². The van der Waals surface area contributed by atoms with E-state index in [0.717, 1.165) is 17.7 Å². The van der Waals surface area contributed by atoms with Crippen LogP contribution in [0.2, 0.25) is 0 Å². The molecule has 0 radical (unpaired) electrons. The summed E-state index contributed by atoms with van der Waals surface area (Å²) in [5.74, 6) is 8.06. The fourth-order valence-corrected chi connectivity index (χ4v) is 4.06. The van der Waals surface area contributed by atoms with Crippen molar-refractivity contribution in [1.82, 2.24) is 0 Å². The summed E-state index contributed by atoms with van der Waals surface area (Å²) in [7, 11) is 0. The van der Waals surface area contributed by atoms with Crippen LogP contribution in [0.1, 0.15) is 75.0 Å². The zero-order valence-corrected chi connectivity index (χ0v) is 18.8. The quantitative estimate of drug-likeness (QED) is 0.565. The van der Waals surface area contributed by atoms with Gasteiger partial charge in [-0.3, -0.25) is 0 Å². The lowest BCUT2D eigenvalue weighted by Gasteiger charge is -2.18. The smallest absolute Gasteiger partial charge is 0.125 e. The van der Waals surface area contributed by atoms with Gasteiger partial charge in [0.15, 0.2) is 0 Å². The number of rotatable bonds is 3. The maximum absolute atomic E-state index is 5.89. The van der Waals surface area contributed by atoms with E-state index in [1.807, 2.05) is 6.92 Å². The van der Waals surface area contributed by atoms with E-state index >= 15 is 0 Å². The molecule has 2 aromatic rings. The third-order valence-electron chi connectivity index (χ3n) is 6.29. The molecular weight excluding hydrogens is 328 g/mol. The molecule has 0 bridgehead atoms. The topological polar surface area (TPSA) is 9.23 Å². The lowest BCUT2D eigenvalue weighted by atomic mass is 9.87. The molecule has 0 saturated heterocycles. The van der Waals surface area contributed by atoms with E-state index in [-0.39, 0.29) is 0 Å². The maximum Gasteiger partial charge on any atom is 0.125 e. The molecule has 0 aliphatic heterocycles. The van der Waals surface area contributed by atoms with Crippen LogP contribution < -0.4 is 4.74 Å². The fourth-order valence-electron chi connectivity index (χ4n) is 4.06. The van der Waals surface area contributed by atoms with Gasteiger partial charge in [0.2, 0.25) is 0 Å². The lowest BCUT2D eigenvalue weighted by Crippen LogP contribution is -2.04. The van der Waals surface area contributed by atoms with Gasteiger partial charge in [-0.1, -0.05) is 18.8 Å². The molecule has 0 atom stereocenters. The molecule has 0 spiro atoms. The minimum absolute atomic E-state index is 0.687. The van der Waals surface area contributed by atoms with Crippen LogP contribution in [-0.4, -0.2) is 6.61 Å². The number of hydrogen-bond donors (Lipinski definition) is 0. The maximum atomic E-state index is 5.89. The molecule has 0 amide bonds. The Morgan fingerprint density at radius 3 is 1.26 bits per heavy atom. The van der Waals surface area contributed by atoms with Gasteiger partial charge < -0.3 is 4.74 Å². The molecule has 0 aliphatic rings. The third kappa shape index (κ3) is 3.63. The Hall–Kier alpha value is -2.20. The molecule has 0 aromatic heterocycles. The summed E-state index contributed by atoms with van der Waals surface area (Å²) >= 11 is 0. The molecular formula is C26H34O. The Bertz CT molecular complexity index is 891. The first-order valence-corrected chi connectivity index (χ1v) is 10.0. The average molecular weight is 363 g/mol. The van der Waals surface area contributed by atoms with Crippen LogP contribution in [0.3, 0.4) is 0 Å². The summed E-state index contributed by atoms with van der Waals surface area (Å²) in [4.78, 5) is 0. The molecule has 0 aliphatic carbocycles. The van der Waals surface area contributed by atoms with Gasteiger partial charge in [-0.2, -0.15) is 0 Å². The zero-order chi connectivity index (χ0) is 20.5. The highest BCUT2D eigenvalue weighted by Gasteiger charge is 2.15. The van der Waals surface area contributed by atoms with E-state index in [4.69, 9.17) is 4.74 Å². The van der Waals surface area contributed by atoms with E-state index in [1.54, 1.807) is 0 Å². The Kier molecular flexibility index (Phi) is 6.42. The SMILES string of the molecule is CCOc1c(C)c(C)c(C#Cc2c(C)c(C)c(CC)c(C)c2C)c(C)c1C. The van der Waals surface area contributed by atoms with Crippen molar-refractivity contribution in [2.24, 2.45) is 0 Å². The second-order valence-electron chi connectivity index (χ2n) is 7.59. The van der Waals surface area contributed by atoms with Crippen molar-refractivity contribution >= 4 is 0 Å². The third-order valence-corrected chi connectivity index (χ3v) is 6.29. The summed E-state index contributed by atoms with van der Waals surface area (Å²) in [6.07, 6.45) is 1.07. The van der Waals surface area contributed by atoms with Crippen LogP contribution in [0.4, 0.5) is 0 Å². The van der Waals surface area contributed by atoms with Crippen molar-refractivity contribution in [2.45, 2.75) is 75.7 Å². The van der Waals surface area contributed by atoms with Crippen LogP contribution >= 0.6 is 0 Å². The highest BCUT2D eigenvalue weighted by Crippen LogP contribution is 2.32. The Balaban J connectivity index is 2.70. The Labute approximate surface area is 166 Å². The summed E-state index contributed by atoms with van der Waals surface area (Å²) in [5.41, 5.74) is 14.1. The normalized spacial score (nSPS) is 10.6. The number of hydrogen-bond acceptors (Lipinski definition) is 1. The molecule has 1 heteroatoms. The lowest BCUT2D eigenvalue weighted by molar-refractivity contribution is 0.335. The molecule has 0 fully saturated rings. The van der Waals surface area contributed by atoms with Crippen molar-refractivity contribution < 1.29 is 4.74 Å². The van der Waals surface area contributed by atoms with Crippen molar-refractivity contribution in [2.75, 3.05) is 6.61 Å². The predicted molar refractivity (Wildman–Crippen MR) is 117 cm³/mol. The van der Waals surface area contributed by atoms with E-state index < -0.39 is 0 Å². The molecule has 27 heavy (non-hydrogen) atoms. The van der Waals surface area contributed by atoms with Gasteiger partial charge in [-0.15, -0.1) is 0 Å². The van der Waals surface area contributed by atoms with Gasteiger partial charge in [0.05, 0.1) is 6.61 Å². The van der Waals surface area contributed by atoms with Crippen LogP contribution in [0.25, 0.3) is 0 Å². The second kappa shape index (κ2) is 8.22. The number of benzene rings is 2. The first-order chi connectivity index (χ1) is 12.7. The minimum atomic E-state index is 0.687. The highest BCUT2D eigenvalue weighted by atomic mass is 16.5. The van der Waals surface area contributed by atoms with Crippen LogP contribution in [-0.2, 0) is 6.42 Å². The van der Waals surface area contributed by atoms with Crippen molar-refractivity contribution in [3.63, 3.8) is 0 Å². The zero-order valence-electron chi connectivity index (χ0n) is 18.8. The average Bonchev–Trinajstić information content (AvgIpc) is 2.65. The predicted octanol–water partition coefficient (Wildman–Crippen LogP) is 6.51. The van der Waals surface area contributed by atoms with Gasteiger partial charge in [0.1, 0.15) is 5.75 Å². The summed E-state index contributed by atoms with van der Waals surface area (Å²) in [6.45, 7) is 22.4. The molecule has 0 saturated carbocycles. The standard InChI is InChI=1S/C26H34O/c1-11-23-15(3)17(5)24(18(6)16(23)4)13-14-25-19(7)21(9)26(27-12-2)22(10)20(25)8/h11-12H2,1-10H3. The van der Waals surface area contributed by atoms with E-state index in [0.29, 0.717) is 6.61 Å². The minimum Gasteiger partial charge on any atom is -0.493 e. The Morgan fingerprint density at radius 1 is 0.556 bits per heavy atom. The van der Waals surface area contributed by atoms with Crippen LogP contribution in [0.5, 0.6) is 5.75 Å². The molecule has 144 valence electrons. The van der Waals surface area contributed by atoms with Crippen LogP contribution in [0, 0.1) is 67.2 Å².